The molecule has 116 valence electrons. The van der Waals surface area contributed by atoms with Gasteiger partial charge >= 0.3 is 6.09 Å². The number of nitrogens with one attached hydrogen (secondary N) is 1. The summed E-state index contributed by atoms with van der Waals surface area (Å²) in [5.74, 6) is 0.800. The summed E-state index contributed by atoms with van der Waals surface area (Å²) >= 11 is 0. The van der Waals surface area contributed by atoms with Crippen molar-refractivity contribution >= 4 is 12.0 Å². The van der Waals surface area contributed by atoms with Gasteiger partial charge in [0.15, 0.2) is 0 Å². The smallest absolute Gasteiger partial charge is 0.407 e. The second-order valence-electron chi connectivity index (χ2n) is 6.74. The van der Waals surface area contributed by atoms with Crippen molar-refractivity contribution in [3.63, 3.8) is 0 Å². The number of likely N-dealkylation sites (tertiary alicyclic amines) is 1. The van der Waals surface area contributed by atoms with Gasteiger partial charge in [-0.2, -0.15) is 0 Å². The van der Waals surface area contributed by atoms with Gasteiger partial charge in [0, 0.05) is 25.6 Å². The summed E-state index contributed by atoms with van der Waals surface area (Å²) in [6, 6.07) is 0.299. The summed E-state index contributed by atoms with van der Waals surface area (Å²) in [6.07, 6.45) is 1.99. The second kappa shape index (κ2) is 6.95. The zero-order valence-electron chi connectivity index (χ0n) is 13.4. The predicted molar refractivity (Wildman–Crippen MR) is 78.4 cm³/mol. The average Bonchev–Trinajstić information content (AvgIpc) is 2.25. The molecule has 0 bridgehead atoms. The zero-order valence-corrected chi connectivity index (χ0v) is 13.4. The molecule has 1 saturated heterocycles. The molecule has 2 atom stereocenters. The highest BCUT2D eigenvalue weighted by Gasteiger charge is 2.26. The molecular formula is C15H28N2O3. The van der Waals surface area contributed by atoms with E-state index in [1.807, 2.05) is 25.7 Å². The van der Waals surface area contributed by atoms with Gasteiger partial charge in [-0.15, -0.1) is 0 Å². The Morgan fingerprint density at radius 3 is 2.50 bits per heavy atom. The monoisotopic (exact) mass is 284 g/mol. The number of nitrogens with zero attached hydrogens (tertiary/aromatic N) is 1. The Kier molecular flexibility index (Phi) is 5.84. The minimum Gasteiger partial charge on any atom is -0.444 e. The lowest BCUT2D eigenvalue weighted by Gasteiger charge is -2.36. The summed E-state index contributed by atoms with van der Waals surface area (Å²) in [6.45, 7) is 10.9. The van der Waals surface area contributed by atoms with Crippen LogP contribution in [0.25, 0.3) is 0 Å². The van der Waals surface area contributed by atoms with Crippen molar-refractivity contribution in [2.75, 3.05) is 13.1 Å². The van der Waals surface area contributed by atoms with Crippen LogP contribution in [0.2, 0.25) is 0 Å². The van der Waals surface area contributed by atoms with Gasteiger partial charge in [-0.05, 0) is 46.5 Å². The molecule has 1 N–H and O–H groups in total. The first-order valence-electron chi connectivity index (χ1n) is 7.45. The first-order valence-corrected chi connectivity index (χ1v) is 7.45. The minimum absolute atomic E-state index is 0.112. The quantitative estimate of drug-likeness (QED) is 0.866. The Bertz CT molecular complexity index is 350. The molecule has 0 aromatic rings. The third-order valence-corrected chi connectivity index (χ3v) is 3.47. The topological polar surface area (TPSA) is 58.6 Å². The SMILES string of the molecule is CC1CCN(C(=O)CCNC(=O)OC(C)(C)C)C(C)C1. The van der Waals surface area contributed by atoms with Crippen LogP contribution in [0.1, 0.15) is 53.9 Å². The van der Waals surface area contributed by atoms with Gasteiger partial charge in [0.05, 0.1) is 0 Å². The number of hydrogen-bond acceptors (Lipinski definition) is 3. The highest BCUT2D eigenvalue weighted by Crippen LogP contribution is 2.22. The first-order chi connectivity index (χ1) is 9.19. The van der Waals surface area contributed by atoms with E-state index in [4.69, 9.17) is 4.74 Å². The third kappa shape index (κ3) is 5.80. The van der Waals surface area contributed by atoms with Crippen molar-refractivity contribution < 1.29 is 14.3 Å². The maximum absolute atomic E-state index is 12.1. The lowest BCUT2D eigenvalue weighted by Crippen LogP contribution is -2.45. The average molecular weight is 284 g/mol. The molecule has 2 unspecified atom stereocenters. The van der Waals surface area contributed by atoms with Gasteiger partial charge in [0.25, 0.3) is 0 Å². The van der Waals surface area contributed by atoms with E-state index in [2.05, 4.69) is 19.2 Å². The molecule has 2 amide bonds. The van der Waals surface area contributed by atoms with Crippen molar-refractivity contribution in [2.24, 2.45) is 5.92 Å². The van der Waals surface area contributed by atoms with Crippen LogP contribution in [-0.2, 0) is 9.53 Å². The number of amides is 2. The van der Waals surface area contributed by atoms with Crippen molar-refractivity contribution in [3.05, 3.63) is 0 Å². The summed E-state index contributed by atoms with van der Waals surface area (Å²) in [7, 11) is 0. The molecule has 1 aliphatic heterocycles. The Balaban J connectivity index is 2.28. The molecule has 0 aliphatic carbocycles. The summed E-state index contributed by atoms with van der Waals surface area (Å²) < 4.78 is 5.13. The number of ether oxygens (including phenoxy) is 1. The predicted octanol–water partition coefficient (Wildman–Crippen LogP) is 2.55. The van der Waals surface area contributed by atoms with Gasteiger partial charge in [0.2, 0.25) is 5.91 Å². The van der Waals surface area contributed by atoms with Crippen LogP contribution in [0, 0.1) is 5.92 Å². The summed E-state index contributed by atoms with van der Waals surface area (Å²) in [5, 5.41) is 2.62. The molecule has 0 aromatic carbocycles. The van der Waals surface area contributed by atoms with E-state index in [1.165, 1.54) is 0 Å². The standard InChI is InChI=1S/C15H28N2O3/c1-11-7-9-17(12(2)10-11)13(18)6-8-16-14(19)20-15(3,4)5/h11-12H,6-10H2,1-5H3,(H,16,19). The summed E-state index contributed by atoms with van der Waals surface area (Å²) in [5.41, 5.74) is -0.508. The number of piperidine rings is 1. The van der Waals surface area contributed by atoms with E-state index in [-0.39, 0.29) is 5.91 Å². The van der Waals surface area contributed by atoms with Gasteiger partial charge in [-0.25, -0.2) is 4.79 Å². The molecule has 0 radical (unpaired) electrons. The number of alkyl carbamates (subject to hydrolysis) is 1. The van der Waals surface area contributed by atoms with Gasteiger partial charge in [-0.3, -0.25) is 4.79 Å². The first kappa shape index (κ1) is 16.8. The number of carbonyl (C=O) groups is 2. The molecule has 1 fully saturated rings. The van der Waals surface area contributed by atoms with Crippen LogP contribution in [0.3, 0.4) is 0 Å². The lowest BCUT2D eigenvalue weighted by atomic mass is 9.93. The fourth-order valence-electron chi connectivity index (χ4n) is 2.51. The Labute approximate surface area is 122 Å². The van der Waals surface area contributed by atoms with Crippen molar-refractivity contribution in [1.82, 2.24) is 10.2 Å². The van der Waals surface area contributed by atoms with Crippen LogP contribution in [-0.4, -0.2) is 41.6 Å². The number of hydrogen-bond donors (Lipinski definition) is 1. The number of rotatable bonds is 3. The number of carbonyl (C=O) groups excluding carboxylic acids is 2. The van der Waals surface area contributed by atoms with E-state index < -0.39 is 11.7 Å². The Morgan fingerprint density at radius 2 is 1.95 bits per heavy atom. The molecule has 5 heteroatoms. The second-order valence-corrected chi connectivity index (χ2v) is 6.74. The fourth-order valence-corrected chi connectivity index (χ4v) is 2.51. The molecule has 1 heterocycles. The minimum atomic E-state index is -0.508. The van der Waals surface area contributed by atoms with E-state index in [1.54, 1.807) is 0 Å². The van der Waals surface area contributed by atoms with Gasteiger partial charge in [-0.1, -0.05) is 6.92 Å². The van der Waals surface area contributed by atoms with Crippen LogP contribution in [0.4, 0.5) is 4.79 Å². The van der Waals surface area contributed by atoms with Gasteiger partial charge < -0.3 is 15.0 Å². The van der Waals surface area contributed by atoms with E-state index >= 15 is 0 Å². The van der Waals surface area contributed by atoms with E-state index in [0.29, 0.717) is 24.9 Å². The van der Waals surface area contributed by atoms with Crippen molar-refractivity contribution in [3.8, 4) is 0 Å². The molecular weight excluding hydrogens is 256 g/mol. The highest BCUT2D eigenvalue weighted by atomic mass is 16.6. The van der Waals surface area contributed by atoms with Crippen LogP contribution < -0.4 is 5.32 Å². The van der Waals surface area contributed by atoms with E-state index in [9.17, 15) is 9.59 Å². The Hall–Kier alpha value is -1.26. The summed E-state index contributed by atoms with van der Waals surface area (Å²) in [4.78, 5) is 25.5. The maximum atomic E-state index is 12.1. The normalized spacial score (nSPS) is 23.4. The molecule has 1 aliphatic rings. The van der Waals surface area contributed by atoms with Gasteiger partial charge in [0.1, 0.15) is 5.60 Å². The fraction of sp³-hybridized carbons (Fsp3) is 0.867. The molecule has 0 spiro atoms. The Morgan fingerprint density at radius 1 is 1.30 bits per heavy atom. The largest absolute Gasteiger partial charge is 0.444 e. The van der Waals surface area contributed by atoms with Crippen LogP contribution >= 0.6 is 0 Å². The molecule has 0 aromatic heterocycles. The van der Waals surface area contributed by atoms with Crippen molar-refractivity contribution in [1.29, 1.82) is 0 Å². The molecule has 5 nitrogen and oxygen atoms in total. The lowest BCUT2D eigenvalue weighted by molar-refractivity contribution is -0.134. The van der Waals surface area contributed by atoms with E-state index in [0.717, 1.165) is 19.4 Å². The molecule has 20 heavy (non-hydrogen) atoms. The zero-order chi connectivity index (χ0) is 15.3. The van der Waals surface area contributed by atoms with Crippen molar-refractivity contribution in [2.45, 2.75) is 65.5 Å². The third-order valence-electron chi connectivity index (χ3n) is 3.47. The molecule has 0 saturated carbocycles. The van der Waals surface area contributed by atoms with Crippen LogP contribution in [0.5, 0.6) is 0 Å². The van der Waals surface area contributed by atoms with Crippen LogP contribution in [0.15, 0.2) is 0 Å². The maximum Gasteiger partial charge on any atom is 0.407 e. The highest BCUT2D eigenvalue weighted by molar-refractivity contribution is 5.77. The molecule has 1 rings (SSSR count).